The van der Waals surface area contributed by atoms with E-state index in [1.165, 1.54) is 5.56 Å². The fourth-order valence-electron chi connectivity index (χ4n) is 2.06. The first-order valence-corrected chi connectivity index (χ1v) is 6.57. The van der Waals surface area contributed by atoms with Crippen LogP contribution in [0, 0.1) is 13.8 Å². The third kappa shape index (κ3) is 3.44. The van der Waals surface area contributed by atoms with Crippen LogP contribution in [0.2, 0.25) is 0 Å². The van der Waals surface area contributed by atoms with Crippen LogP contribution < -0.4 is 5.32 Å². The van der Waals surface area contributed by atoms with Crippen molar-refractivity contribution in [1.29, 1.82) is 0 Å². The van der Waals surface area contributed by atoms with Gasteiger partial charge in [0.25, 0.3) is 5.91 Å². The zero-order chi connectivity index (χ0) is 13.7. The zero-order valence-corrected chi connectivity index (χ0v) is 11.4. The predicted molar refractivity (Wildman–Crippen MR) is 78.4 cm³/mol. The largest absolute Gasteiger partial charge is 0.352 e. The molecule has 0 aliphatic carbocycles. The van der Waals surface area contributed by atoms with E-state index in [4.69, 9.17) is 0 Å². The van der Waals surface area contributed by atoms with Crippen LogP contribution in [0.3, 0.4) is 0 Å². The van der Waals surface area contributed by atoms with Gasteiger partial charge >= 0.3 is 0 Å². The average Bonchev–Trinajstić information content (AvgIpc) is 2.43. The Hall–Kier alpha value is -2.09. The summed E-state index contributed by atoms with van der Waals surface area (Å²) < 4.78 is 0. The molecule has 0 aliphatic heterocycles. The fraction of sp³-hybridized carbons (Fsp3) is 0.235. The number of hydrogen-bond acceptors (Lipinski definition) is 1. The Kier molecular flexibility index (Phi) is 4.35. The van der Waals surface area contributed by atoms with Crippen LogP contribution in [0.1, 0.15) is 27.0 Å². The number of rotatable bonds is 4. The number of carbonyl (C=O) groups excluding carboxylic acids is 1. The van der Waals surface area contributed by atoms with Gasteiger partial charge < -0.3 is 5.32 Å². The van der Waals surface area contributed by atoms with Crippen molar-refractivity contribution in [1.82, 2.24) is 5.32 Å². The molecule has 0 bridgehead atoms. The third-order valence-electron chi connectivity index (χ3n) is 3.39. The summed E-state index contributed by atoms with van der Waals surface area (Å²) in [5.74, 6) is 0.0112. The van der Waals surface area contributed by atoms with E-state index in [1.807, 2.05) is 50.2 Å². The van der Waals surface area contributed by atoms with E-state index >= 15 is 0 Å². The normalized spacial score (nSPS) is 10.2. The quantitative estimate of drug-likeness (QED) is 0.890. The Bertz CT molecular complexity index is 561. The van der Waals surface area contributed by atoms with Crippen molar-refractivity contribution < 1.29 is 4.79 Å². The summed E-state index contributed by atoms with van der Waals surface area (Å²) in [4.78, 5) is 12.1. The second-order valence-corrected chi connectivity index (χ2v) is 4.74. The molecule has 2 rings (SSSR count). The number of hydrogen-bond donors (Lipinski definition) is 1. The van der Waals surface area contributed by atoms with Gasteiger partial charge in [-0.25, -0.2) is 0 Å². The van der Waals surface area contributed by atoms with E-state index in [-0.39, 0.29) is 5.91 Å². The van der Waals surface area contributed by atoms with Gasteiger partial charge in [0, 0.05) is 12.1 Å². The molecule has 0 fully saturated rings. The topological polar surface area (TPSA) is 29.1 Å². The summed E-state index contributed by atoms with van der Waals surface area (Å²) in [7, 11) is 0. The highest BCUT2D eigenvalue weighted by Gasteiger charge is 2.09. The predicted octanol–water partition coefficient (Wildman–Crippen LogP) is 3.28. The summed E-state index contributed by atoms with van der Waals surface area (Å²) in [5, 5.41) is 2.98. The van der Waals surface area contributed by atoms with E-state index in [2.05, 4.69) is 17.4 Å². The van der Waals surface area contributed by atoms with Gasteiger partial charge in [-0.2, -0.15) is 0 Å². The van der Waals surface area contributed by atoms with Crippen LogP contribution in [0.4, 0.5) is 0 Å². The fourth-order valence-corrected chi connectivity index (χ4v) is 2.06. The molecule has 0 saturated carbocycles. The second kappa shape index (κ2) is 6.19. The summed E-state index contributed by atoms with van der Waals surface area (Å²) in [5.41, 5.74) is 4.22. The van der Waals surface area contributed by atoms with Crippen molar-refractivity contribution in [3.8, 4) is 0 Å². The summed E-state index contributed by atoms with van der Waals surface area (Å²) in [6, 6.07) is 16.0. The van der Waals surface area contributed by atoms with Gasteiger partial charge in [-0.1, -0.05) is 42.5 Å². The maximum atomic E-state index is 12.1. The maximum absolute atomic E-state index is 12.1. The molecule has 0 saturated heterocycles. The minimum absolute atomic E-state index is 0.0112. The molecule has 1 N–H and O–H groups in total. The van der Waals surface area contributed by atoms with Crippen molar-refractivity contribution in [2.75, 3.05) is 6.54 Å². The Balaban J connectivity index is 1.93. The molecule has 0 aromatic heterocycles. The van der Waals surface area contributed by atoms with E-state index in [0.29, 0.717) is 6.54 Å². The van der Waals surface area contributed by atoms with Gasteiger partial charge in [-0.15, -0.1) is 0 Å². The van der Waals surface area contributed by atoms with Gasteiger partial charge in [0.05, 0.1) is 0 Å². The maximum Gasteiger partial charge on any atom is 0.251 e. The molecular weight excluding hydrogens is 234 g/mol. The molecule has 0 aliphatic rings. The molecule has 0 heterocycles. The highest BCUT2D eigenvalue weighted by atomic mass is 16.1. The highest BCUT2D eigenvalue weighted by Crippen LogP contribution is 2.12. The number of carbonyl (C=O) groups is 1. The molecule has 2 aromatic carbocycles. The lowest BCUT2D eigenvalue weighted by atomic mass is 10.0. The van der Waals surface area contributed by atoms with Gasteiger partial charge in [0.15, 0.2) is 0 Å². The molecule has 0 spiro atoms. The van der Waals surface area contributed by atoms with E-state index in [1.54, 1.807) is 0 Å². The van der Waals surface area contributed by atoms with Crippen LogP contribution in [0.5, 0.6) is 0 Å². The summed E-state index contributed by atoms with van der Waals surface area (Å²) in [6.45, 7) is 4.67. The minimum atomic E-state index is 0.0112. The van der Waals surface area contributed by atoms with Crippen molar-refractivity contribution in [3.05, 3.63) is 70.8 Å². The first kappa shape index (κ1) is 13.3. The third-order valence-corrected chi connectivity index (χ3v) is 3.39. The molecule has 2 aromatic rings. The Morgan fingerprint density at radius 1 is 1.00 bits per heavy atom. The molecule has 0 atom stereocenters. The van der Waals surface area contributed by atoms with Crippen LogP contribution in [0.15, 0.2) is 48.5 Å². The molecule has 0 radical (unpaired) electrons. The standard InChI is InChI=1S/C17H19NO/c1-13-7-6-10-16(14(13)2)17(19)18-12-11-15-8-4-3-5-9-15/h3-10H,11-12H2,1-2H3,(H,18,19). The van der Waals surface area contributed by atoms with Crippen LogP contribution in [-0.2, 0) is 6.42 Å². The molecule has 19 heavy (non-hydrogen) atoms. The average molecular weight is 253 g/mol. The van der Waals surface area contributed by atoms with Crippen LogP contribution in [0.25, 0.3) is 0 Å². The lowest BCUT2D eigenvalue weighted by Crippen LogP contribution is -2.26. The molecule has 1 amide bonds. The van der Waals surface area contributed by atoms with Crippen LogP contribution in [-0.4, -0.2) is 12.5 Å². The number of amides is 1. The Labute approximate surface area is 114 Å². The van der Waals surface area contributed by atoms with E-state index < -0.39 is 0 Å². The van der Waals surface area contributed by atoms with Gasteiger partial charge in [0.2, 0.25) is 0 Å². The number of aryl methyl sites for hydroxylation is 1. The zero-order valence-electron chi connectivity index (χ0n) is 11.4. The van der Waals surface area contributed by atoms with Crippen LogP contribution >= 0.6 is 0 Å². The number of nitrogens with one attached hydrogen (secondary N) is 1. The molecular formula is C17H19NO. The van der Waals surface area contributed by atoms with Crippen molar-refractivity contribution in [2.45, 2.75) is 20.3 Å². The second-order valence-electron chi connectivity index (χ2n) is 4.74. The molecule has 2 heteroatoms. The SMILES string of the molecule is Cc1cccc(C(=O)NCCc2ccccc2)c1C. The summed E-state index contributed by atoms with van der Waals surface area (Å²) in [6.07, 6.45) is 0.859. The Morgan fingerprint density at radius 2 is 1.74 bits per heavy atom. The molecule has 0 unspecified atom stereocenters. The van der Waals surface area contributed by atoms with Gasteiger partial charge in [-0.3, -0.25) is 4.79 Å². The number of benzene rings is 2. The monoisotopic (exact) mass is 253 g/mol. The highest BCUT2D eigenvalue weighted by molar-refractivity contribution is 5.95. The van der Waals surface area contributed by atoms with Crippen molar-refractivity contribution in [2.24, 2.45) is 0 Å². The Morgan fingerprint density at radius 3 is 2.47 bits per heavy atom. The minimum Gasteiger partial charge on any atom is -0.352 e. The van der Waals surface area contributed by atoms with Gasteiger partial charge in [0.1, 0.15) is 0 Å². The van der Waals surface area contributed by atoms with E-state index in [9.17, 15) is 4.79 Å². The smallest absolute Gasteiger partial charge is 0.251 e. The van der Waals surface area contributed by atoms with Crippen molar-refractivity contribution >= 4 is 5.91 Å². The summed E-state index contributed by atoms with van der Waals surface area (Å²) >= 11 is 0. The molecule has 98 valence electrons. The first-order chi connectivity index (χ1) is 9.18. The van der Waals surface area contributed by atoms with E-state index in [0.717, 1.165) is 23.1 Å². The van der Waals surface area contributed by atoms with Crippen molar-refractivity contribution in [3.63, 3.8) is 0 Å². The first-order valence-electron chi connectivity index (χ1n) is 6.57. The lowest BCUT2D eigenvalue weighted by molar-refractivity contribution is 0.0953. The van der Waals surface area contributed by atoms with Gasteiger partial charge in [-0.05, 0) is 43.0 Å². The molecule has 2 nitrogen and oxygen atoms in total. The lowest BCUT2D eigenvalue weighted by Gasteiger charge is -2.09.